The summed E-state index contributed by atoms with van der Waals surface area (Å²) in [7, 11) is 0. The Morgan fingerprint density at radius 3 is 2.47 bits per heavy atom. The van der Waals surface area contributed by atoms with E-state index in [1.165, 1.54) is 0 Å². The van der Waals surface area contributed by atoms with Crippen LogP contribution in [-0.4, -0.2) is 10.9 Å². The van der Waals surface area contributed by atoms with Crippen LogP contribution in [0, 0.1) is 27.7 Å². The first-order chi connectivity index (χ1) is 8.88. The van der Waals surface area contributed by atoms with Crippen LogP contribution < -0.4 is 5.32 Å². The Kier molecular flexibility index (Phi) is 3.75. The van der Waals surface area contributed by atoms with E-state index in [1.54, 1.807) is 13.8 Å². The van der Waals surface area contributed by atoms with E-state index < -0.39 is 0 Å². The van der Waals surface area contributed by atoms with Gasteiger partial charge in [0.05, 0.1) is 11.4 Å². The van der Waals surface area contributed by atoms with Gasteiger partial charge in [-0.25, -0.2) is 4.98 Å². The van der Waals surface area contributed by atoms with E-state index in [4.69, 9.17) is 4.42 Å². The van der Waals surface area contributed by atoms with Gasteiger partial charge < -0.3 is 9.73 Å². The molecule has 0 fully saturated rings. The van der Waals surface area contributed by atoms with Crippen LogP contribution in [0.3, 0.4) is 0 Å². The monoisotopic (exact) mass is 322 g/mol. The van der Waals surface area contributed by atoms with Crippen LogP contribution >= 0.6 is 15.9 Å². The average Bonchev–Trinajstić information content (AvgIpc) is 2.62. The lowest BCUT2D eigenvalue weighted by molar-refractivity contribution is 0.0994. The second-order valence-corrected chi connectivity index (χ2v) is 5.39. The molecule has 0 radical (unpaired) electrons. The third-order valence-electron chi connectivity index (χ3n) is 2.78. The van der Waals surface area contributed by atoms with Gasteiger partial charge in [0, 0.05) is 11.4 Å². The Labute approximate surface area is 120 Å². The maximum atomic E-state index is 12.2. The summed E-state index contributed by atoms with van der Waals surface area (Å²) >= 11 is 3.46. The Balaban J connectivity index is 2.32. The van der Waals surface area contributed by atoms with E-state index in [0.717, 1.165) is 21.3 Å². The lowest BCUT2D eigenvalue weighted by atomic mass is 10.1. The quantitative estimate of drug-likeness (QED) is 0.911. The predicted molar refractivity (Wildman–Crippen MR) is 77.5 cm³/mol. The van der Waals surface area contributed by atoms with E-state index >= 15 is 0 Å². The molecular weight excluding hydrogens is 308 g/mol. The molecule has 1 N–H and O–H groups in total. The third-order valence-corrected chi connectivity index (χ3v) is 3.41. The summed E-state index contributed by atoms with van der Waals surface area (Å²) in [4.78, 5) is 16.3. The van der Waals surface area contributed by atoms with Crippen molar-refractivity contribution < 1.29 is 9.21 Å². The number of oxazole rings is 1. The third kappa shape index (κ3) is 2.87. The second-order valence-electron chi connectivity index (χ2n) is 4.54. The van der Waals surface area contributed by atoms with Gasteiger partial charge in [-0.15, -0.1) is 0 Å². The molecule has 1 amide bonds. The summed E-state index contributed by atoms with van der Waals surface area (Å²) < 4.78 is 6.17. The molecule has 0 aliphatic carbocycles. The first-order valence-corrected chi connectivity index (χ1v) is 6.70. The maximum absolute atomic E-state index is 12.2. The number of hydrogen-bond donors (Lipinski definition) is 1. The molecule has 0 atom stereocenters. The molecule has 0 aliphatic heterocycles. The molecule has 4 nitrogen and oxygen atoms in total. The van der Waals surface area contributed by atoms with Crippen molar-refractivity contribution in [2.24, 2.45) is 0 Å². The van der Waals surface area contributed by atoms with Gasteiger partial charge in [0.15, 0.2) is 5.89 Å². The van der Waals surface area contributed by atoms with Gasteiger partial charge in [0.2, 0.25) is 5.76 Å². The van der Waals surface area contributed by atoms with Crippen molar-refractivity contribution in [1.29, 1.82) is 0 Å². The minimum atomic E-state index is -0.286. The highest BCUT2D eigenvalue weighted by Crippen LogP contribution is 2.28. The highest BCUT2D eigenvalue weighted by atomic mass is 79.9. The lowest BCUT2D eigenvalue weighted by Crippen LogP contribution is -2.13. The predicted octanol–water partition coefficient (Wildman–Crippen LogP) is 3.92. The van der Waals surface area contributed by atoms with Gasteiger partial charge in [-0.2, -0.15) is 0 Å². The average molecular weight is 323 g/mol. The van der Waals surface area contributed by atoms with Crippen LogP contribution in [0.2, 0.25) is 0 Å². The van der Waals surface area contributed by atoms with Crippen molar-refractivity contribution in [3.05, 3.63) is 45.1 Å². The van der Waals surface area contributed by atoms with Crippen molar-refractivity contribution in [2.75, 3.05) is 5.32 Å². The molecule has 0 aliphatic rings. The van der Waals surface area contributed by atoms with Crippen LogP contribution in [0.25, 0.3) is 0 Å². The molecule has 0 unspecified atom stereocenters. The van der Waals surface area contributed by atoms with Crippen LogP contribution in [0.4, 0.5) is 5.69 Å². The zero-order chi connectivity index (χ0) is 14.2. The SMILES string of the molecule is Cc1cc(C)c(NC(=O)c2oc(C)nc2C)c(Br)c1. The highest BCUT2D eigenvalue weighted by molar-refractivity contribution is 9.10. The summed E-state index contributed by atoms with van der Waals surface area (Å²) in [5.74, 6) is 0.456. The van der Waals surface area contributed by atoms with E-state index in [1.807, 2.05) is 26.0 Å². The van der Waals surface area contributed by atoms with Gasteiger partial charge in [-0.1, -0.05) is 6.07 Å². The number of aryl methyl sites for hydroxylation is 4. The van der Waals surface area contributed by atoms with Crippen molar-refractivity contribution in [3.63, 3.8) is 0 Å². The molecule has 2 rings (SSSR count). The van der Waals surface area contributed by atoms with Crippen molar-refractivity contribution in [2.45, 2.75) is 27.7 Å². The molecule has 5 heteroatoms. The van der Waals surface area contributed by atoms with Crippen LogP contribution in [0.15, 0.2) is 21.0 Å². The highest BCUT2D eigenvalue weighted by Gasteiger charge is 2.18. The van der Waals surface area contributed by atoms with Gasteiger partial charge in [-0.05, 0) is 53.9 Å². The van der Waals surface area contributed by atoms with E-state index in [9.17, 15) is 4.79 Å². The summed E-state index contributed by atoms with van der Waals surface area (Å²) in [6.45, 7) is 7.43. The Morgan fingerprint density at radius 2 is 1.95 bits per heavy atom. The fourth-order valence-corrected chi connectivity index (χ4v) is 2.76. The maximum Gasteiger partial charge on any atom is 0.293 e. The number of carbonyl (C=O) groups excluding carboxylic acids is 1. The number of hydrogen-bond acceptors (Lipinski definition) is 3. The number of anilines is 1. The number of carbonyl (C=O) groups is 1. The minimum absolute atomic E-state index is 0.254. The summed E-state index contributed by atoms with van der Waals surface area (Å²) in [6, 6.07) is 3.97. The molecule has 0 saturated heterocycles. The number of benzene rings is 1. The molecule has 1 aromatic heterocycles. The van der Waals surface area contributed by atoms with Crippen LogP contribution in [0.1, 0.15) is 33.3 Å². The van der Waals surface area contributed by atoms with Gasteiger partial charge in [0.25, 0.3) is 5.91 Å². The molecule has 2 aromatic rings. The van der Waals surface area contributed by atoms with Crippen molar-refractivity contribution in [3.8, 4) is 0 Å². The summed E-state index contributed by atoms with van der Waals surface area (Å²) in [5.41, 5.74) is 3.48. The number of amides is 1. The molecule has 0 saturated carbocycles. The van der Waals surface area contributed by atoms with E-state index in [0.29, 0.717) is 11.6 Å². The van der Waals surface area contributed by atoms with Gasteiger partial charge in [-0.3, -0.25) is 4.79 Å². The first kappa shape index (κ1) is 13.8. The second kappa shape index (κ2) is 5.17. The molecule has 19 heavy (non-hydrogen) atoms. The number of halogens is 1. The van der Waals surface area contributed by atoms with E-state index in [2.05, 4.69) is 26.2 Å². The first-order valence-electron chi connectivity index (χ1n) is 5.90. The zero-order valence-electron chi connectivity index (χ0n) is 11.3. The molecule has 100 valence electrons. The van der Waals surface area contributed by atoms with Gasteiger partial charge >= 0.3 is 0 Å². The number of rotatable bonds is 2. The Bertz CT molecular complexity index is 624. The van der Waals surface area contributed by atoms with Crippen molar-refractivity contribution in [1.82, 2.24) is 4.98 Å². The standard InChI is InChI=1S/C14H15BrN2O2/c1-7-5-8(2)12(11(15)6-7)17-14(18)13-9(3)16-10(4)19-13/h5-6H,1-4H3,(H,17,18). The lowest BCUT2D eigenvalue weighted by Gasteiger charge is -2.10. The number of nitrogens with zero attached hydrogens (tertiary/aromatic N) is 1. The zero-order valence-corrected chi connectivity index (χ0v) is 12.9. The smallest absolute Gasteiger partial charge is 0.293 e. The number of aromatic nitrogens is 1. The minimum Gasteiger partial charge on any atom is -0.436 e. The topological polar surface area (TPSA) is 55.1 Å². The fraction of sp³-hybridized carbons (Fsp3) is 0.286. The van der Waals surface area contributed by atoms with E-state index in [-0.39, 0.29) is 11.7 Å². The molecule has 1 aromatic carbocycles. The summed E-state index contributed by atoms with van der Waals surface area (Å²) in [5, 5.41) is 2.86. The molecule has 1 heterocycles. The molecule has 0 spiro atoms. The normalized spacial score (nSPS) is 10.6. The van der Waals surface area contributed by atoms with Crippen LogP contribution in [-0.2, 0) is 0 Å². The summed E-state index contributed by atoms with van der Waals surface area (Å²) in [6.07, 6.45) is 0. The fourth-order valence-electron chi connectivity index (χ4n) is 1.99. The van der Waals surface area contributed by atoms with Crippen LogP contribution in [0.5, 0.6) is 0 Å². The van der Waals surface area contributed by atoms with Crippen molar-refractivity contribution >= 4 is 27.5 Å². The molecular formula is C14H15BrN2O2. The molecule has 0 bridgehead atoms. The number of nitrogens with one attached hydrogen (secondary N) is 1. The Hall–Kier alpha value is -1.62. The van der Waals surface area contributed by atoms with Gasteiger partial charge in [0.1, 0.15) is 0 Å². The largest absolute Gasteiger partial charge is 0.436 e. The Morgan fingerprint density at radius 1 is 1.26 bits per heavy atom.